The molecule has 0 saturated carbocycles. The van der Waals surface area contributed by atoms with E-state index in [1.54, 1.807) is 17.0 Å². The normalized spacial score (nSPS) is 12.2. The highest BCUT2D eigenvalue weighted by Gasteiger charge is 2.30. The zero-order valence-corrected chi connectivity index (χ0v) is 26.0. The second-order valence-corrected chi connectivity index (χ2v) is 13.1. The number of sulfonamides is 1. The van der Waals surface area contributed by atoms with Crippen molar-refractivity contribution in [2.75, 3.05) is 23.7 Å². The van der Waals surface area contributed by atoms with Crippen LogP contribution in [0.1, 0.15) is 48.9 Å². The lowest BCUT2D eigenvalue weighted by molar-refractivity contribution is -0.141. The summed E-state index contributed by atoms with van der Waals surface area (Å²) in [5.41, 5.74) is 3.93. The maximum Gasteiger partial charge on any atom is 0.243 e. The zero-order valence-electron chi connectivity index (χ0n) is 25.1. The molecule has 0 bridgehead atoms. The molecule has 0 aromatic heterocycles. The van der Waals surface area contributed by atoms with E-state index < -0.39 is 16.1 Å². The van der Waals surface area contributed by atoms with Crippen molar-refractivity contribution in [2.24, 2.45) is 5.92 Å². The monoisotopic (exact) mass is 595 g/mol. The van der Waals surface area contributed by atoms with Gasteiger partial charge in [0.1, 0.15) is 11.9 Å². The third-order valence-corrected chi connectivity index (χ3v) is 8.19. The maximum absolute atomic E-state index is 13.9. The van der Waals surface area contributed by atoms with E-state index in [2.05, 4.69) is 5.32 Å². The second kappa shape index (κ2) is 15.0. The van der Waals surface area contributed by atoms with E-state index in [1.807, 2.05) is 76.2 Å². The van der Waals surface area contributed by atoms with E-state index in [-0.39, 0.29) is 49.5 Å². The van der Waals surface area contributed by atoms with Crippen molar-refractivity contribution in [1.82, 2.24) is 10.2 Å². The number of carbonyl (C=O) groups excluding carboxylic acids is 2. The van der Waals surface area contributed by atoms with Gasteiger partial charge in [-0.2, -0.15) is 0 Å². The maximum atomic E-state index is 13.9. The van der Waals surface area contributed by atoms with E-state index in [0.29, 0.717) is 24.2 Å². The van der Waals surface area contributed by atoms with E-state index in [4.69, 9.17) is 0 Å². The molecule has 0 spiro atoms. The minimum absolute atomic E-state index is 0.0286. The number of hydrogen-bond acceptors (Lipinski definition) is 4. The Labute approximate surface area is 249 Å². The molecule has 226 valence electrons. The highest BCUT2D eigenvalue weighted by atomic mass is 32.2. The van der Waals surface area contributed by atoms with Crippen LogP contribution in [-0.2, 0) is 32.6 Å². The molecule has 3 aromatic carbocycles. The number of amides is 2. The van der Waals surface area contributed by atoms with Gasteiger partial charge < -0.3 is 10.2 Å². The fraction of sp³-hybridized carbons (Fsp3) is 0.394. The fourth-order valence-corrected chi connectivity index (χ4v) is 5.75. The molecule has 42 heavy (non-hydrogen) atoms. The Bertz CT molecular complexity index is 1440. The number of hydrogen-bond donors (Lipinski definition) is 1. The van der Waals surface area contributed by atoms with Gasteiger partial charge in [0.2, 0.25) is 21.8 Å². The number of anilines is 1. The van der Waals surface area contributed by atoms with Crippen LogP contribution in [0.25, 0.3) is 0 Å². The van der Waals surface area contributed by atoms with Crippen molar-refractivity contribution >= 4 is 27.5 Å². The van der Waals surface area contributed by atoms with Crippen LogP contribution in [0.5, 0.6) is 0 Å². The van der Waals surface area contributed by atoms with Gasteiger partial charge >= 0.3 is 0 Å². The van der Waals surface area contributed by atoms with Gasteiger partial charge in [-0.3, -0.25) is 13.9 Å². The number of aryl methyl sites for hydroxylation is 2. The summed E-state index contributed by atoms with van der Waals surface area (Å²) >= 11 is 0. The third-order valence-electron chi connectivity index (χ3n) is 7.01. The fourth-order valence-electron chi connectivity index (χ4n) is 4.73. The summed E-state index contributed by atoms with van der Waals surface area (Å²) in [4.78, 5) is 29.0. The van der Waals surface area contributed by atoms with Crippen molar-refractivity contribution in [3.05, 3.63) is 101 Å². The van der Waals surface area contributed by atoms with Gasteiger partial charge in [-0.15, -0.1) is 0 Å². The summed E-state index contributed by atoms with van der Waals surface area (Å²) in [7, 11) is -3.61. The van der Waals surface area contributed by atoms with E-state index in [9.17, 15) is 22.4 Å². The number of rotatable bonds is 14. The van der Waals surface area contributed by atoms with E-state index in [0.717, 1.165) is 22.9 Å². The van der Waals surface area contributed by atoms with Crippen LogP contribution >= 0.6 is 0 Å². The number of halogens is 1. The quantitative estimate of drug-likeness (QED) is 0.270. The Morgan fingerprint density at radius 3 is 2.21 bits per heavy atom. The predicted molar refractivity (Wildman–Crippen MR) is 166 cm³/mol. The third kappa shape index (κ3) is 9.69. The predicted octanol–water partition coefficient (Wildman–Crippen LogP) is 5.40. The molecule has 0 aliphatic rings. The summed E-state index contributed by atoms with van der Waals surface area (Å²) in [6, 6.07) is 20.2. The van der Waals surface area contributed by atoms with Gasteiger partial charge in [0, 0.05) is 32.5 Å². The molecular weight excluding hydrogens is 553 g/mol. The molecule has 0 fully saturated rings. The van der Waals surface area contributed by atoms with Crippen molar-refractivity contribution in [2.45, 2.75) is 59.5 Å². The van der Waals surface area contributed by atoms with Crippen LogP contribution in [0.15, 0.2) is 72.8 Å². The molecule has 1 atom stereocenters. The standard InChI is InChI=1S/C33H42FN3O4S/c1-24(2)22-35-33(39)31(21-27-10-7-6-8-11-27)36(23-28-15-17-29(34)18-16-28)32(38)12-9-19-37(42(5,40)41)30-20-25(3)13-14-26(30)4/h6-8,10-11,13-18,20,24,31H,9,12,19,21-23H2,1-5H3,(H,35,39)/t31-/m0/s1. The molecule has 3 aromatic rings. The zero-order chi connectivity index (χ0) is 30.9. The van der Waals surface area contributed by atoms with Gasteiger partial charge in [-0.25, -0.2) is 12.8 Å². The van der Waals surface area contributed by atoms with Crippen LogP contribution in [0.4, 0.5) is 10.1 Å². The van der Waals surface area contributed by atoms with Crippen molar-refractivity contribution in [3.8, 4) is 0 Å². The molecule has 1 N–H and O–H groups in total. The molecule has 0 heterocycles. The molecule has 0 unspecified atom stereocenters. The topological polar surface area (TPSA) is 86.8 Å². The van der Waals surface area contributed by atoms with Crippen molar-refractivity contribution < 1.29 is 22.4 Å². The lowest BCUT2D eigenvalue weighted by Crippen LogP contribution is -2.51. The second-order valence-electron chi connectivity index (χ2n) is 11.2. The van der Waals surface area contributed by atoms with Crippen molar-refractivity contribution in [3.63, 3.8) is 0 Å². The highest BCUT2D eigenvalue weighted by Crippen LogP contribution is 2.25. The highest BCUT2D eigenvalue weighted by molar-refractivity contribution is 7.92. The summed E-state index contributed by atoms with van der Waals surface area (Å²) in [5.74, 6) is -0.718. The molecule has 0 aliphatic carbocycles. The first-order valence-electron chi connectivity index (χ1n) is 14.3. The number of benzene rings is 3. The minimum Gasteiger partial charge on any atom is -0.354 e. The Hall–Kier alpha value is -3.72. The van der Waals surface area contributed by atoms with Gasteiger partial charge in [-0.1, -0.05) is 68.4 Å². The minimum atomic E-state index is -3.61. The van der Waals surface area contributed by atoms with Gasteiger partial charge in [-0.05, 0) is 66.6 Å². The number of carbonyl (C=O) groups is 2. The molecular formula is C33H42FN3O4S. The van der Waals surface area contributed by atoms with Crippen LogP contribution in [0.2, 0.25) is 0 Å². The van der Waals surface area contributed by atoms with Crippen LogP contribution in [0, 0.1) is 25.6 Å². The average molecular weight is 596 g/mol. The summed E-state index contributed by atoms with van der Waals surface area (Å²) in [6.45, 7) is 8.43. The van der Waals surface area contributed by atoms with E-state index >= 15 is 0 Å². The molecule has 2 amide bonds. The Morgan fingerprint density at radius 1 is 0.929 bits per heavy atom. The summed E-state index contributed by atoms with van der Waals surface area (Å²) in [5, 5.41) is 2.98. The Morgan fingerprint density at radius 2 is 1.60 bits per heavy atom. The Balaban J connectivity index is 1.89. The van der Waals surface area contributed by atoms with Crippen LogP contribution in [0.3, 0.4) is 0 Å². The van der Waals surface area contributed by atoms with Crippen LogP contribution < -0.4 is 9.62 Å². The average Bonchev–Trinajstić information content (AvgIpc) is 2.94. The van der Waals surface area contributed by atoms with Gasteiger partial charge in [0.05, 0.1) is 11.9 Å². The smallest absolute Gasteiger partial charge is 0.243 e. The lowest BCUT2D eigenvalue weighted by Gasteiger charge is -2.32. The number of nitrogens with zero attached hydrogens (tertiary/aromatic N) is 2. The largest absolute Gasteiger partial charge is 0.354 e. The summed E-state index contributed by atoms with van der Waals surface area (Å²) < 4.78 is 40.5. The lowest BCUT2D eigenvalue weighted by atomic mass is 10.0. The molecule has 0 saturated heterocycles. The molecule has 7 nitrogen and oxygen atoms in total. The SMILES string of the molecule is Cc1ccc(C)c(N(CCCC(=O)N(Cc2ccc(F)cc2)[C@@H](Cc2ccccc2)C(=O)NCC(C)C)S(C)(=O)=O)c1. The first kappa shape index (κ1) is 32.8. The van der Waals surface area contributed by atoms with E-state index in [1.165, 1.54) is 16.4 Å². The first-order chi connectivity index (χ1) is 19.8. The molecule has 0 aliphatic heterocycles. The Kier molecular flexibility index (Phi) is 11.7. The molecule has 0 radical (unpaired) electrons. The van der Waals surface area contributed by atoms with Crippen molar-refractivity contribution in [1.29, 1.82) is 0 Å². The van der Waals surface area contributed by atoms with Crippen LogP contribution in [-0.4, -0.2) is 50.5 Å². The molecule has 3 rings (SSSR count). The van der Waals surface area contributed by atoms with Gasteiger partial charge in [0.15, 0.2) is 0 Å². The van der Waals surface area contributed by atoms with Gasteiger partial charge in [0.25, 0.3) is 0 Å². The molecule has 9 heteroatoms. The number of nitrogens with one attached hydrogen (secondary N) is 1. The first-order valence-corrected chi connectivity index (χ1v) is 16.1. The summed E-state index contributed by atoms with van der Waals surface area (Å²) in [6.07, 6.45) is 1.74.